The summed E-state index contributed by atoms with van der Waals surface area (Å²) in [5.41, 5.74) is 0. The van der Waals surface area contributed by atoms with E-state index in [2.05, 4.69) is 31.0 Å². The standard InChI is InChI=1S/C25H49N2O/c1-4-6-7-8-9-10-11-12-13-14-15-16-17-18-19-20-21-25-26-22-23-27(25,5-2)24(3)28/h4,6,22,24-25,28H,5,7-21,23H2,1-3H3/q+1/b6-4+. The van der Waals surface area contributed by atoms with Crippen LogP contribution in [0.1, 0.15) is 117 Å². The predicted octanol–water partition coefficient (Wildman–Crippen LogP) is 7.00. The van der Waals surface area contributed by atoms with Crippen molar-refractivity contribution in [2.75, 3.05) is 13.1 Å². The van der Waals surface area contributed by atoms with Gasteiger partial charge < -0.3 is 5.11 Å². The van der Waals surface area contributed by atoms with Gasteiger partial charge in [0.1, 0.15) is 6.54 Å². The SMILES string of the molecule is C/C=C/CCCCCCCCCCCCCCCC1N=CC[N+]1(CC)C(C)O. The molecule has 3 nitrogen and oxygen atoms in total. The Morgan fingerprint density at radius 3 is 1.89 bits per heavy atom. The number of allylic oxidation sites excluding steroid dienone is 2. The number of unbranched alkanes of at least 4 members (excludes halogenated alkanes) is 13. The lowest BCUT2D eigenvalue weighted by atomic mass is 10.0. The van der Waals surface area contributed by atoms with Gasteiger partial charge in [0, 0.05) is 13.3 Å². The Morgan fingerprint density at radius 2 is 1.43 bits per heavy atom. The number of quaternary nitrogens is 1. The van der Waals surface area contributed by atoms with Crippen LogP contribution in [0, 0.1) is 0 Å². The topological polar surface area (TPSA) is 32.6 Å². The minimum atomic E-state index is -0.310. The number of aliphatic imine (C=N–C) groups is 1. The molecule has 3 heteroatoms. The van der Waals surface area contributed by atoms with Crippen molar-refractivity contribution in [1.29, 1.82) is 0 Å². The Balaban J connectivity index is 1.88. The van der Waals surface area contributed by atoms with Crippen molar-refractivity contribution in [2.45, 2.75) is 129 Å². The van der Waals surface area contributed by atoms with Crippen LogP contribution in [0.5, 0.6) is 0 Å². The molecule has 3 atom stereocenters. The predicted molar refractivity (Wildman–Crippen MR) is 124 cm³/mol. The Bertz CT molecular complexity index is 419. The zero-order valence-electron chi connectivity index (χ0n) is 19.2. The number of nitrogens with zero attached hydrogens (tertiary/aromatic N) is 2. The minimum absolute atomic E-state index is 0.285. The average molecular weight is 394 g/mol. The van der Waals surface area contributed by atoms with E-state index in [1.165, 1.54) is 89.9 Å². The first-order chi connectivity index (χ1) is 13.7. The van der Waals surface area contributed by atoms with E-state index < -0.39 is 0 Å². The first kappa shape index (κ1) is 25.4. The van der Waals surface area contributed by atoms with Gasteiger partial charge in [-0.05, 0) is 33.1 Å². The Labute approximate surface area is 175 Å². The van der Waals surface area contributed by atoms with Crippen molar-refractivity contribution >= 4 is 6.21 Å². The van der Waals surface area contributed by atoms with E-state index in [0.717, 1.165) is 24.0 Å². The van der Waals surface area contributed by atoms with Crippen molar-refractivity contribution in [3.63, 3.8) is 0 Å². The molecule has 0 aromatic heterocycles. The van der Waals surface area contributed by atoms with Crippen LogP contribution in [-0.2, 0) is 0 Å². The molecule has 0 aromatic rings. The van der Waals surface area contributed by atoms with Gasteiger partial charge in [0.15, 0.2) is 12.4 Å². The maximum Gasteiger partial charge on any atom is 0.189 e. The Hall–Kier alpha value is -0.670. The number of hydrogen-bond donors (Lipinski definition) is 1. The van der Waals surface area contributed by atoms with Crippen molar-refractivity contribution in [3.8, 4) is 0 Å². The summed E-state index contributed by atoms with van der Waals surface area (Å²) >= 11 is 0. The third-order valence-electron chi connectivity index (χ3n) is 6.69. The molecule has 0 radical (unpaired) electrons. The lowest BCUT2D eigenvalue weighted by Crippen LogP contribution is -2.57. The molecule has 0 aromatic carbocycles. The second-order valence-corrected chi connectivity index (χ2v) is 8.79. The quantitative estimate of drug-likeness (QED) is 0.152. The number of hydrogen-bond acceptors (Lipinski definition) is 2. The zero-order valence-corrected chi connectivity index (χ0v) is 19.2. The highest BCUT2D eigenvalue weighted by molar-refractivity contribution is 5.60. The minimum Gasteiger partial charge on any atom is -0.345 e. The van der Waals surface area contributed by atoms with Crippen molar-refractivity contribution in [3.05, 3.63) is 12.2 Å². The molecule has 1 N–H and O–H groups in total. The molecule has 0 saturated heterocycles. The van der Waals surface area contributed by atoms with Crippen molar-refractivity contribution in [2.24, 2.45) is 4.99 Å². The van der Waals surface area contributed by atoms with Crippen LogP contribution in [0.3, 0.4) is 0 Å². The molecule has 0 saturated carbocycles. The monoisotopic (exact) mass is 393 g/mol. The summed E-state index contributed by atoms with van der Waals surface area (Å²) in [6.45, 7) is 8.09. The average Bonchev–Trinajstić information content (AvgIpc) is 3.12. The molecule has 0 bridgehead atoms. The van der Waals surface area contributed by atoms with Gasteiger partial charge in [-0.2, -0.15) is 0 Å². The molecule has 28 heavy (non-hydrogen) atoms. The van der Waals surface area contributed by atoms with Gasteiger partial charge in [0.2, 0.25) is 0 Å². The summed E-state index contributed by atoms with van der Waals surface area (Å²) in [5.74, 6) is 0. The van der Waals surface area contributed by atoms with E-state index in [-0.39, 0.29) is 12.4 Å². The van der Waals surface area contributed by atoms with Gasteiger partial charge in [-0.15, -0.1) is 0 Å². The van der Waals surface area contributed by atoms with Crippen molar-refractivity contribution in [1.82, 2.24) is 0 Å². The second-order valence-electron chi connectivity index (χ2n) is 8.79. The van der Waals surface area contributed by atoms with E-state index in [4.69, 9.17) is 0 Å². The molecule has 0 amide bonds. The first-order valence-corrected chi connectivity index (χ1v) is 12.3. The molecule has 0 spiro atoms. The fourth-order valence-electron chi connectivity index (χ4n) is 4.61. The van der Waals surface area contributed by atoms with Crippen LogP contribution in [0.4, 0.5) is 0 Å². The third kappa shape index (κ3) is 9.69. The Kier molecular flexibility index (Phi) is 14.6. The van der Waals surface area contributed by atoms with Crippen LogP contribution < -0.4 is 0 Å². The summed E-state index contributed by atoms with van der Waals surface area (Å²) in [4.78, 5) is 4.67. The van der Waals surface area contributed by atoms with E-state index >= 15 is 0 Å². The van der Waals surface area contributed by atoms with E-state index in [9.17, 15) is 5.11 Å². The number of rotatable bonds is 18. The summed E-state index contributed by atoms with van der Waals surface area (Å²) < 4.78 is 0.746. The number of aliphatic hydroxyl groups excluding tert-OH is 1. The number of aliphatic hydroxyl groups is 1. The maximum absolute atomic E-state index is 10.2. The highest BCUT2D eigenvalue weighted by Gasteiger charge is 2.41. The van der Waals surface area contributed by atoms with E-state index in [1.807, 2.05) is 13.1 Å². The molecule has 164 valence electrons. The molecule has 1 aliphatic heterocycles. The van der Waals surface area contributed by atoms with Crippen LogP contribution in [0.25, 0.3) is 0 Å². The van der Waals surface area contributed by atoms with Crippen LogP contribution >= 0.6 is 0 Å². The zero-order chi connectivity index (χ0) is 20.5. The van der Waals surface area contributed by atoms with Gasteiger partial charge in [0.05, 0.1) is 12.8 Å². The van der Waals surface area contributed by atoms with Gasteiger partial charge in [-0.25, -0.2) is 4.99 Å². The van der Waals surface area contributed by atoms with Crippen LogP contribution in [0.2, 0.25) is 0 Å². The molecule has 1 rings (SSSR count). The molecular formula is C25H49N2O+. The first-order valence-electron chi connectivity index (χ1n) is 12.3. The summed E-state index contributed by atoms with van der Waals surface area (Å²) in [5, 5.41) is 10.2. The van der Waals surface area contributed by atoms with Gasteiger partial charge >= 0.3 is 0 Å². The highest BCUT2D eigenvalue weighted by atomic mass is 16.3. The molecule has 1 aliphatic rings. The maximum atomic E-state index is 10.2. The van der Waals surface area contributed by atoms with Gasteiger partial charge in [0.25, 0.3) is 0 Å². The molecule has 1 heterocycles. The van der Waals surface area contributed by atoms with Gasteiger partial charge in [-0.3, -0.25) is 4.48 Å². The summed E-state index contributed by atoms with van der Waals surface area (Å²) in [6.07, 6.45) is 27.0. The molecule has 0 aliphatic carbocycles. The summed E-state index contributed by atoms with van der Waals surface area (Å²) in [7, 11) is 0. The smallest absolute Gasteiger partial charge is 0.189 e. The molecule has 3 unspecified atom stereocenters. The van der Waals surface area contributed by atoms with E-state index in [0.29, 0.717) is 0 Å². The van der Waals surface area contributed by atoms with Gasteiger partial charge in [-0.1, -0.05) is 82.8 Å². The second kappa shape index (κ2) is 16.2. The fraction of sp³-hybridized carbons (Fsp3) is 0.880. The van der Waals surface area contributed by atoms with Crippen LogP contribution in [-0.4, -0.2) is 41.3 Å². The lowest BCUT2D eigenvalue weighted by Gasteiger charge is -2.40. The van der Waals surface area contributed by atoms with Crippen LogP contribution in [0.15, 0.2) is 17.1 Å². The largest absolute Gasteiger partial charge is 0.345 e. The lowest BCUT2D eigenvalue weighted by molar-refractivity contribution is -0.976. The van der Waals surface area contributed by atoms with E-state index in [1.54, 1.807) is 0 Å². The third-order valence-corrected chi connectivity index (χ3v) is 6.69. The molecular weight excluding hydrogens is 344 g/mol. The normalized spacial score (nSPS) is 23.1. The molecule has 0 fully saturated rings. The van der Waals surface area contributed by atoms with Crippen molar-refractivity contribution < 1.29 is 9.59 Å². The summed E-state index contributed by atoms with van der Waals surface area (Å²) in [6, 6.07) is 0. The highest BCUT2D eigenvalue weighted by Crippen LogP contribution is 2.26. The fourth-order valence-corrected chi connectivity index (χ4v) is 4.61. The Morgan fingerprint density at radius 1 is 0.929 bits per heavy atom.